The quantitative estimate of drug-likeness (QED) is 0.330. The maximum absolute atomic E-state index is 5.59. The van der Waals surface area contributed by atoms with Crippen LogP contribution in [0.2, 0.25) is 25.7 Å². The third kappa shape index (κ3) is 7.13. The van der Waals surface area contributed by atoms with E-state index in [1.54, 1.807) is 7.11 Å². The molecule has 0 saturated carbocycles. The molecule has 0 atom stereocenters. The summed E-state index contributed by atoms with van der Waals surface area (Å²) in [7, 11) is 0.596. The molecule has 0 aliphatic rings. The molecule has 0 N–H and O–H groups in total. The van der Waals surface area contributed by atoms with Crippen LogP contribution < -0.4 is 9.47 Å². The van der Waals surface area contributed by atoms with Gasteiger partial charge in [-0.05, 0) is 30.7 Å². The fourth-order valence-corrected chi connectivity index (χ4v) is 2.96. The summed E-state index contributed by atoms with van der Waals surface area (Å²) >= 11 is 3.53. The zero-order chi connectivity index (χ0) is 16.6. The molecule has 1 rings (SSSR count). The summed E-state index contributed by atoms with van der Waals surface area (Å²) in [5, 5.41) is 0. The van der Waals surface area contributed by atoms with Gasteiger partial charge in [-0.25, -0.2) is 0 Å². The van der Waals surface area contributed by atoms with Crippen LogP contribution in [0, 0.1) is 0 Å². The highest BCUT2D eigenvalue weighted by Gasteiger charge is 2.12. The average molecular weight is 391 g/mol. The first-order valence-corrected chi connectivity index (χ1v) is 12.0. The zero-order valence-electron chi connectivity index (χ0n) is 14.2. The Hall–Kier alpha value is -0.563. The van der Waals surface area contributed by atoms with Gasteiger partial charge in [0.25, 0.3) is 0 Å². The molecule has 0 unspecified atom stereocenters. The topological polar surface area (TPSA) is 36.9 Å². The van der Waals surface area contributed by atoms with Gasteiger partial charge in [-0.1, -0.05) is 35.6 Å². The smallest absolute Gasteiger partial charge is 0.161 e. The summed E-state index contributed by atoms with van der Waals surface area (Å²) in [6.45, 7) is 11.1. The molecule has 0 aliphatic carbocycles. The normalized spacial score (nSPS) is 11.5. The Bertz CT molecular complexity index is 460. The first-order valence-electron chi connectivity index (χ1n) is 7.52. The lowest BCUT2D eigenvalue weighted by Gasteiger charge is -2.16. The van der Waals surface area contributed by atoms with Gasteiger partial charge < -0.3 is 18.9 Å². The highest BCUT2D eigenvalue weighted by Crippen LogP contribution is 2.33. The first-order chi connectivity index (χ1) is 10.4. The summed E-state index contributed by atoms with van der Waals surface area (Å²) in [5.74, 6) is 1.44. The van der Waals surface area contributed by atoms with Gasteiger partial charge in [0.15, 0.2) is 11.5 Å². The Morgan fingerprint density at radius 1 is 1.09 bits per heavy atom. The minimum atomic E-state index is -1.04. The molecule has 1 aromatic rings. The molecule has 0 saturated heterocycles. The van der Waals surface area contributed by atoms with E-state index in [1.165, 1.54) is 0 Å². The highest BCUT2D eigenvalue weighted by molar-refractivity contribution is 9.10. The number of benzene rings is 1. The second-order valence-electron chi connectivity index (χ2n) is 6.21. The molecular formula is C16H27BrO4Si. The summed E-state index contributed by atoms with van der Waals surface area (Å²) in [4.78, 5) is 0. The van der Waals surface area contributed by atoms with Crippen molar-refractivity contribution in [3.63, 3.8) is 0 Å². The number of ether oxygens (including phenoxy) is 4. The van der Waals surface area contributed by atoms with Crippen LogP contribution in [-0.2, 0) is 16.1 Å². The van der Waals surface area contributed by atoms with Gasteiger partial charge in [0.2, 0.25) is 0 Å². The van der Waals surface area contributed by atoms with E-state index in [2.05, 4.69) is 35.6 Å². The van der Waals surface area contributed by atoms with Gasteiger partial charge >= 0.3 is 0 Å². The maximum atomic E-state index is 5.59. The highest BCUT2D eigenvalue weighted by atomic mass is 79.9. The van der Waals surface area contributed by atoms with Crippen LogP contribution in [0.25, 0.3) is 0 Å². The second kappa shape index (κ2) is 9.55. The van der Waals surface area contributed by atoms with E-state index in [1.807, 2.05) is 19.1 Å². The van der Waals surface area contributed by atoms with Crippen molar-refractivity contribution in [2.75, 3.05) is 27.1 Å². The Morgan fingerprint density at radius 3 is 2.41 bits per heavy atom. The molecule has 22 heavy (non-hydrogen) atoms. The standard InChI is InChI=1S/C16H27BrO4Si/c1-6-21-16-9-13(14(17)10-15(16)18-2)11-20-12-19-7-8-22(3,4)5/h9-10H,6-8,11-12H2,1-5H3. The minimum Gasteiger partial charge on any atom is -0.493 e. The lowest BCUT2D eigenvalue weighted by Crippen LogP contribution is -2.22. The van der Waals surface area contributed by atoms with E-state index in [0.29, 0.717) is 25.8 Å². The molecular weight excluding hydrogens is 364 g/mol. The lowest BCUT2D eigenvalue weighted by atomic mass is 10.2. The van der Waals surface area contributed by atoms with Gasteiger partial charge in [-0.2, -0.15) is 0 Å². The van der Waals surface area contributed by atoms with E-state index in [4.69, 9.17) is 18.9 Å². The Kier molecular flexibility index (Phi) is 8.46. The lowest BCUT2D eigenvalue weighted by molar-refractivity contribution is -0.0575. The first kappa shape index (κ1) is 19.5. The van der Waals surface area contributed by atoms with Gasteiger partial charge in [0, 0.05) is 19.2 Å². The third-order valence-corrected chi connectivity index (χ3v) is 5.50. The number of hydrogen-bond donors (Lipinski definition) is 0. The largest absolute Gasteiger partial charge is 0.493 e. The molecule has 0 bridgehead atoms. The predicted molar refractivity (Wildman–Crippen MR) is 95.6 cm³/mol. The summed E-state index contributed by atoms with van der Waals surface area (Å²) in [6.07, 6.45) is 0. The summed E-state index contributed by atoms with van der Waals surface area (Å²) in [5.41, 5.74) is 1.01. The zero-order valence-corrected chi connectivity index (χ0v) is 16.8. The minimum absolute atomic E-state index is 0.312. The SMILES string of the molecule is CCOc1cc(COCOCC[Si](C)(C)C)c(Br)cc1OC. The van der Waals surface area contributed by atoms with E-state index < -0.39 is 8.07 Å². The molecule has 6 heteroatoms. The van der Waals surface area contributed by atoms with Crippen LogP contribution in [0.3, 0.4) is 0 Å². The van der Waals surface area contributed by atoms with Crippen molar-refractivity contribution in [2.45, 2.75) is 39.2 Å². The van der Waals surface area contributed by atoms with Crippen LogP contribution in [0.5, 0.6) is 11.5 Å². The van der Waals surface area contributed by atoms with E-state index in [-0.39, 0.29) is 0 Å². The van der Waals surface area contributed by atoms with Gasteiger partial charge in [0.1, 0.15) is 6.79 Å². The third-order valence-electron chi connectivity index (χ3n) is 3.05. The molecule has 0 heterocycles. The van der Waals surface area contributed by atoms with Crippen molar-refractivity contribution < 1.29 is 18.9 Å². The van der Waals surface area contributed by atoms with E-state index >= 15 is 0 Å². The summed E-state index contributed by atoms with van der Waals surface area (Å²) < 4.78 is 22.9. The van der Waals surface area contributed by atoms with Gasteiger partial charge in [-0.3, -0.25) is 0 Å². The molecule has 0 spiro atoms. The van der Waals surface area contributed by atoms with Crippen LogP contribution in [0.15, 0.2) is 16.6 Å². The number of methoxy groups -OCH3 is 1. The summed E-state index contributed by atoms with van der Waals surface area (Å²) in [6, 6.07) is 4.99. The molecule has 126 valence electrons. The molecule has 1 aromatic carbocycles. The second-order valence-corrected chi connectivity index (χ2v) is 12.7. The fraction of sp³-hybridized carbons (Fsp3) is 0.625. The molecule has 0 fully saturated rings. The van der Waals surface area contributed by atoms with Crippen molar-refractivity contribution in [3.8, 4) is 11.5 Å². The maximum Gasteiger partial charge on any atom is 0.161 e. The van der Waals surface area contributed by atoms with Crippen LogP contribution >= 0.6 is 15.9 Å². The number of rotatable bonds is 10. The fourth-order valence-electron chi connectivity index (χ4n) is 1.76. The van der Waals surface area contributed by atoms with Crippen molar-refractivity contribution in [3.05, 3.63) is 22.2 Å². The number of hydrogen-bond acceptors (Lipinski definition) is 4. The Labute approximate surface area is 143 Å². The molecule has 0 radical (unpaired) electrons. The van der Waals surface area contributed by atoms with Crippen LogP contribution in [-0.4, -0.2) is 35.2 Å². The number of halogens is 1. The molecule has 0 aliphatic heterocycles. The van der Waals surface area contributed by atoms with Crippen molar-refractivity contribution in [2.24, 2.45) is 0 Å². The van der Waals surface area contributed by atoms with Crippen molar-refractivity contribution >= 4 is 24.0 Å². The van der Waals surface area contributed by atoms with E-state index in [9.17, 15) is 0 Å². The molecule has 0 aromatic heterocycles. The van der Waals surface area contributed by atoms with Gasteiger partial charge in [0.05, 0.1) is 20.3 Å². The van der Waals surface area contributed by atoms with E-state index in [0.717, 1.165) is 28.4 Å². The van der Waals surface area contributed by atoms with Crippen molar-refractivity contribution in [1.82, 2.24) is 0 Å². The monoisotopic (exact) mass is 390 g/mol. The molecule has 0 amide bonds. The average Bonchev–Trinajstić information content (AvgIpc) is 2.44. The Morgan fingerprint density at radius 2 is 1.82 bits per heavy atom. The van der Waals surface area contributed by atoms with Crippen LogP contribution in [0.4, 0.5) is 0 Å². The molecule has 4 nitrogen and oxygen atoms in total. The van der Waals surface area contributed by atoms with Gasteiger partial charge in [-0.15, -0.1) is 0 Å². The van der Waals surface area contributed by atoms with Crippen LogP contribution in [0.1, 0.15) is 12.5 Å². The van der Waals surface area contributed by atoms with Crippen molar-refractivity contribution in [1.29, 1.82) is 0 Å². The Balaban J connectivity index is 2.47. The predicted octanol–water partition coefficient (Wildman–Crippen LogP) is 4.69.